The lowest BCUT2D eigenvalue weighted by molar-refractivity contribution is -0.143. The minimum absolute atomic E-state index is 0.00366. The third kappa shape index (κ3) is 9.51. The standard InChI is InChI=1S/C43H51Cl2N7O6S/c1-5-23-43(2)50(3)38-12-8-11-34-37(19-20-39(42(34)38)51(43)4)49-48-36-18-17-35(32-9-6-7-10-33(32)36)47-46-30-13-15-31(16-14-30)59(55,56)52(26-28-57-40(53)21-24-44)27-29-58-41(54)22-25-45/h6-20,46-49H,5,21-29H2,1-4H3. The maximum Gasteiger partial charge on any atom is 0.307 e. The first kappa shape index (κ1) is 43.4. The van der Waals surface area contributed by atoms with E-state index in [1.807, 2.05) is 36.4 Å². The van der Waals surface area contributed by atoms with Crippen LogP contribution in [0.5, 0.6) is 0 Å². The average Bonchev–Trinajstić information content (AvgIpc) is 3.23. The number of hydrogen-bond donors (Lipinski definition) is 4. The van der Waals surface area contributed by atoms with Gasteiger partial charge in [0.15, 0.2) is 0 Å². The molecule has 0 fully saturated rings. The lowest BCUT2D eigenvalue weighted by Gasteiger charge is -2.52. The molecule has 0 aromatic heterocycles. The summed E-state index contributed by atoms with van der Waals surface area (Å²) < 4.78 is 38.8. The molecule has 1 aliphatic heterocycles. The number of alkyl halides is 2. The van der Waals surface area contributed by atoms with Gasteiger partial charge in [-0.3, -0.25) is 9.59 Å². The van der Waals surface area contributed by atoms with Gasteiger partial charge in [-0.2, -0.15) is 4.31 Å². The molecule has 0 amide bonds. The molecule has 59 heavy (non-hydrogen) atoms. The van der Waals surface area contributed by atoms with Crippen molar-refractivity contribution in [1.82, 2.24) is 4.31 Å². The van der Waals surface area contributed by atoms with Gasteiger partial charge in [-0.1, -0.05) is 49.7 Å². The molecule has 1 aliphatic rings. The Bertz CT molecular complexity index is 2340. The molecule has 0 aliphatic carbocycles. The minimum atomic E-state index is -4.06. The number of benzene rings is 5. The highest BCUT2D eigenvalue weighted by Crippen LogP contribution is 2.47. The number of ether oxygens (including phenoxy) is 2. The molecule has 16 heteroatoms. The van der Waals surface area contributed by atoms with Crippen LogP contribution < -0.4 is 31.5 Å². The van der Waals surface area contributed by atoms with Crippen LogP contribution in [0.1, 0.15) is 39.5 Å². The maximum atomic E-state index is 13.7. The van der Waals surface area contributed by atoms with Crippen molar-refractivity contribution in [3.63, 3.8) is 0 Å². The Morgan fingerprint density at radius 3 is 1.71 bits per heavy atom. The van der Waals surface area contributed by atoms with E-state index in [2.05, 4.69) is 89.8 Å². The van der Waals surface area contributed by atoms with Crippen molar-refractivity contribution in [3.8, 4) is 0 Å². The van der Waals surface area contributed by atoms with Crippen LogP contribution in [-0.2, 0) is 29.1 Å². The number of fused-ring (bicyclic) bond motifs is 1. The summed E-state index contributed by atoms with van der Waals surface area (Å²) in [5.41, 5.74) is 19.0. The van der Waals surface area contributed by atoms with Gasteiger partial charge < -0.3 is 41.0 Å². The van der Waals surface area contributed by atoms with Crippen molar-refractivity contribution >= 4 is 101 Å². The van der Waals surface area contributed by atoms with Gasteiger partial charge >= 0.3 is 11.9 Å². The van der Waals surface area contributed by atoms with Gasteiger partial charge in [-0.25, -0.2) is 8.42 Å². The number of hydrazine groups is 2. The second kappa shape index (κ2) is 19.3. The first-order valence-corrected chi connectivity index (χ1v) is 22.1. The molecular formula is C43H51Cl2N7O6S. The lowest BCUT2D eigenvalue weighted by Crippen LogP contribution is -2.58. The molecule has 4 N–H and O–H groups in total. The number of carbonyl (C=O) groups excluding carboxylic acids is 2. The van der Waals surface area contributed by atoms with E-state index in [0.717, 1.165) is 50.4 Å². The number of hydrogen-bond acceptors (Lipinski definition) is 12. The van der Waals surface area contributed by atoms with E-state index in [1.165, 1.54) is 28.9 Å². The average molecular weight is 865 g/mol. The first-order valence-electron chi connectivity index (χ1n) is 19.6. The van der Waals surface area contributed by atoms with Crippen LogP contribution in [0.25, 0.3) is 21.5 Å². The van der Waals surface area contributed by atoms with E-state index in [4.69, 9.17) is 32.7 Å². The summed E-state index contributed by atoms with van der Waals surface area (Å²) in [5.74, 6) is -0.896. The number of nitrogens with zero attached hydrogens (tertiary/aromatic N) is 3. The predicted octanol–water partition coefficient (Wildman–Crippen LogP) is 8.61. The number of rotatable bonds is 20. The largest absolute Gasteiger partial charge is 0.464 e. The number of nitrogens with one attached hydrogen (secondary N) is 4. The van der Waals surface area contributed by atoms with Crippen LogP contribution in [0.2, 0.25) is 0 Å². The van der Waals surface area contributed by atoms with Crippen molar-refractivity contribution in [2.45, 2.75) is 50.1 Å². The molecule has 1 unspecified atom stereocenters. The fourth-order valence-corrected chi connectivity index (χ4v) is 9.13. The number of esters is 2. The highest BCUT2D eigenvalue weighted by molar-refractivity contribution is 7.89. The predicted molar refractivity (Wildman–Crippen MR) is 240 cm³/mol. The second-order valence-corrected chi connectivity index (χ2v) is 17.1. The Balaban J connectivity index is 1.14. The summed E-state index contributed by atoms with van der Waals surface area (Å²) in [6.07, 6.45) is 2.13. The molecule has 5 aromatic carbocycles. The molecule has 0 saturated carbocycles. The van der Waals surface area contributed by atoms with Crippen LogP contribution in [0.3, 0.4) is 0 Å². The molecular weight excluding hydrogens is 813 g/mol. The molecule has 6 rings (SSSR count). The molecule has 1 atom stereocenters. The maximum absolute atomic E-state index is 13.7. The topological polar surface area (TPSA) is 145 Å². The minimum Gasteiger partial charge on any atom is -0.464 e. The third-order valence-corrected chi connectivity index (χ3v) is 13.1. The van der Waals surface area contributed by atoms with Gasteiger partial charge in [0.25, 0.3) is 0 Å². The van der Waals surface area contributed by atoms with E-state index < -0.39 is 22.0 Å². The summed E-state index contributed by atoms with van der Waals surface area (Å²) in [5, 5.41) is 4.26. The van der Waals surface area contributed by atoms with Crippen LogP contribution in [-0.4, -0.2) is 82.5 Å². The zero-order valence-electron chi connectivity index (χ0n) is 33.7. The summed E-state index contributed by atoms with van der Waals surface area (Å²) in [4.78, 5) is 28.5. The number of carbonyl (C=O) groups is 2. The molecule has 314 valence electrons. The van der Waals surface area contributed by atoms with Gasteiger partial charge in [0.1, 0.15) is 18.9 Å². The highest BCUT2D eigenvalue weighted by atomic mass is 35.5. The SMILES string of the molecule is CCCC1(C)N(C)c2cccc3c(NNc4ccc(NNc5ccc(S(=O)(=O)N(CCOC(=O)CCCl)CCOC(=O)CCCl)cc5)c5ccccc45)ccc(c23)N1C. The molecule has 5 aromatic rings. The lowest BCUT2D eigenvalue weighted by atomic mass is 9.93. The van der Waals surface area contributed by atoms with Gasteiger partial charge in [-0.15, -0.1) is 23.2 Å². The summed E-state index contributed by atoms with van der Waals surface area (Å²) in [6.45, 7) is 3.87. The fraction of sp³-hybridized carbons (Fsp3) is 0.349. The van der Waals surface area contributed by atoms with Crippen molar-refractivity contribution in [1.29, 1.82) is 0 Å². The van der Waals surface area contributed by atoms with Gasteiger partial charge in [-0.05, 0) is 67.9 Å². The van der Waals surface area contributed by atoms with Crippen molar-refractivity contribution in [2.24, 2.45) is 0 Å². The van der Waals surface area contributed by atoms with Crippen LogP contribution in [0.15, 0.2) is 95.9 Å². The number of sulfonamides is 1. The second-order valence-electron chi connectivity index (χ2n) is 14.4. The Kier molecular flexibility index (Phi) is 14.2. The van der Waals surface area contributed by atoms with E-state index in [-0.39, 0.29) is 61.5 Å². The molecule has 0 radical (unpaired) electrons. The Morgan fingerprint density at radius 2 is 1.17 bits per heavy atom. The van der Waals surface area contributed by atoms with E-state index in [9.17, 15) is 18.0 Å². The fourth-order valence-electron chi connectivity index (χ4n) is 7.41. The van der Waals surface area contributed by atoms with Crippen molar-refractivity contribution in [3.05, 3.63) is 91.0 Å². The molecule has 1 heterocycles. The smallest absolute Gasteiger partial charge is 0.307 e. The van der Waals surface area contributed by atoms with Crippen LogP contribution in [0.4, 0.5) is 34.1 Å². The molecule has 0 bridgehead atoms. The summed E-state index contributed by atoms with van der Waals surface area (Å²) in [7, 11) is 0.300. The van der Waals surface area contributed by atoms with Crippen LogP contribution in [0, 0.1) is 0 Å². The van der Waals surface area contributed by atoms with Gasteiger partial charge in [0.05, 0.1) is 40.5 Å². The van der Waals surface area contributed by atoms with Gasteiger partial charge in [0, 0.05) is 71.9 Å². The summed E-state index contributed by atoms with van der Waals surface area (Å²) >= 11 is 11.2. The number of halogens is 2. The monoisotopic (exact) mass is 863 g/mol. The van der Waals surface area contributed by atoms with Gasteiger partial charge in [0.2, 0.25) is 10.0 Å². The Morgan fingerprint density at radius 1 is 0.678 bits per heavy atom. The highest BCUT2D eigenvalue weighted by Gasteiger charge is 2.39. The van der Waals surface area contributed by atoms with Crippen molar-refractivity contribution < 1.29 is 27.5 Å². The van der Waals surface area contributed by atoms with E-state index in [1.54, 1.807) is 12.1 Å². The van der Waals surface area contributed by atoms with Crippen LogP contribution >= 0.6 is 23.2 Å². The molecule has 0 saturated heterocycles. The van der Waals surface area contributed by atoms with E-state index in [0.29, 0.717) is 5.69 Å². The van der Waals surface area contributed by atoms with E-state index >= 15 is 0 Å². The third-order valence-electron chi connectivity index (χ3n) is 10.8. The normalized spacial score (nSPS) is 15.0. The zero-order chi connectivity index (χ0) is 42.2. The zero-order valence-corrected chi connectivity index (χ0v) is 36.0. The quantitative estimate of drug-likeness (QED) is 0.0338. The Hall–Kier alpha value is -5.15. The van der Waals surface area contributed by atoms with Crippen molar-refractivity contribution in [2.75, 3.05) is 83.7 Å². The first-order chi connectivity index (χ1) is 28.4. The molecule has 13 nitrogen and oxygen atoms in total. The Labute approximate surface area is 355 Å². The summed E-state index contributed by atoms with van der Waals surface area (Å²) in [6, 6.07) is 29.0. The number of anilines is 6. The molecule has 0 spiro atoms.